The Hall–Kier alpha value is -3.09. The van der Waals surface area contributed by atoms with Gasteiger partial charge in [0.2, 0.25) is 0 Å². The molecule has 0 bridgehead atoms. The molecule has 5 nitrogen and oxygen atoms in total. The fraction of sp³-hybridized carbons (Fsp3) is 0.160. The number of aryl methyl sites for hydroxylation is 3. The van der Waals surface area contributed by atoms with Crippen molar-refractivity contribution in [3.05, 3.63) is 99.7 Å². The highest BCUT2D eigenvalue weighted by atomic mass is 35.5. The van der Waals surface area contributed by atoms with Crippen LogP contribution in [0.4, 0.5) is 0 Å². The third kappa shape index (κ3) is 4.29. The van der Waals surface area contributed by atoms with E-state index >= 15 is 0 Å². The molecule has 164 valence electrons. The molecule has 0 fully saturated rings. The van der Waals surface area contributed by atoms with Crippen molar-refractivity contribution in [3.63, 3.8) is 0 Å². The summed E-state index contributed by atoms with van der Waals surface area (Å²) in [7, 11) is -4.00. The second-order valence-electron chi connectivity index (χ2n) is 7.94. The quantitative estimate of drug-likeness (QED) is 0.429. The SMILES string of the molecule is Cc1cc(C)c(Cn2c(C(=O)NS(=O)(=O)c3ccccc3)cc3cc(Cl)ccc32)c(C)c1. The molecule has 0 aliphatic heterocycles. The third-order valence-electron chi connectivity index (χ3n) is 5.53. The first-order valence-corrected chi connectivity index (χ1v) is 12.0. The van der Waals surface area contributed by atoms with E-state index < -0.39 is 15.9 Å². The molecule has 0 aliphatic rings. The smallest absolute Gasteiger partial charge is 0.281 e. The lowest BCUT2D eigenvalue weighted by molar-refractivity contribution is 0.0973. The number of halogens is 1. The second-order valence-corrected chi connectivity index (χ2v) is 10.1. The van der Waals surface area contributed by atoms with Crippen molar-refractivity contribution in [1.82, 2.24) is 9.29 Å². The number of hydrogen-bond acceptors (Lipinski definition) is 3. The van der Waals surface area contributed by atoms with Crippen LogP contribution < -0.4 is 4.72 Å². The molecule has 0 saturated carbocycles. The van der Waals surface area contributed by atoms with Gasteiger partial charge in [0, 0.05) is 22.5 Å². The van der Waals surface area contributed by atoms with E-state index in [-0.39, 0.29) is 10.6 Å². The van der Waals surface area contributed by atoms with Gasteiger partial charge < -0.3 is 4.57 Å². The summed E-state index contributed by atoms with van der Waals surface area (Å²) >= 11 is 6.17. The molecular formula is C25H23ClN2O3S. The third-order valence-corrected chi connectivity index (χ3v) is 7.12. The molecule has 3 aromatic carbocycles. The minimum Gasteiger partial charge on any atom is -0.332 e. The van der Waals surface area contributed by atoms with Gasteiger partial charge in [-0.25, -0.2) is 13.1 Å². The van der Waals surface area contributed by atoms with Crippen LogP contribution in [0.15, 0.2) is 71.6 Å². The van der Waals surface area contributed by atoms with Crippen LogP contribution in [0.25, 0.3) is 10.9 Å². The lowest BCUT2D eigenvalue weighted by Gasteiger charge is -2.16. The van der Waals surface area contributed by atoms with E-state index in [2.05, 4.69) is 16.9 Å². The van der Waals surface area contributed by atoms with Crippen LogP contribution in [0.1, 0.15) is 32.7 Å². The molecule has 4 aromatic rings. The zero-order valence-corrected chi connectivity index (χ0v) is 19.6. The second kappa shape index (κ2) is 8.45. The number of nitrogens with zero attached hydrogens (tertiary/aromatic N) is 1. The summed E-state index contributed by atoms with van der Waals surface area (Å²) in [6, 6.07) is 19.1. The van der Waals surface area contributed by atoms with Gasteiger partial charge in [0.1, 0.15) is 5.69 Å². The average Bonchev–Trinajstić information content (AvgIpc) is 3.08. The van der Waals surface area contributed by atoms with Crippen LogP contribution in [0.5, 0.6) is 0 Å². The van der Waals surface area contributed by atoms with Crippen LogP contribution in [-0.4, -0.2) is 18.9 Å². The number of amides is 1. The summed E-state index contributed by atoms with van der Waals surface area (Å²) in [5, 5.41) is 1.31. The summed E-state index contributed by atoms with van der Waals surface area (Å²) in [5.41, 5.74) is 5.53. The highest BCUT2D eigenvalue weighted by Gasteiger charge is 2.23. The molecule has 0 atom stereocenters. The molecule has 0 unspecified atom stereocenters. The Bertz CT molecular complexity index is 1420. The van der Waals surface area contributed by atoms with E-state index in [9.17, 15) is 13.2 Å². The number of carbonyl (C=O) groups excluding carboxylic acids is 1. The Kier molecular flexibility index (Phi) is 5.84. The molecule has 4 rings (SSSR count). The summed E-state index contributed by atoms with van der Waals surface area (Å²) in [5.74, 6) is -0.691. The first kappa shape index (κ1) is 22.1. The number of fused-ring (bicyclic) bond motifs is 1. The van der Waals surface area contributed by atoms with Gasteiger partial charge in [0.25, 0.3) is 15.9 Å². The van der Waals surface area contributed by atoms with Crippen LogP contribution in [0, 0.1) is 20.8 Å². The summed E-state index contributed by atoms with van der Waals surface area (Å²) in [6.07, 6.45) is 0. The van der Waals surface area contributed by atoms with Crippen LogP contribution in [0.2, 0.25) is 5.02 Å². The van der Waals surface area contributed by atoms with Gasteiger partial charge >= 0.3 is 0 Å². The van der Waals surface area contributed by atoms with Crippen LogP contribution in [-0.2, 0) is 16.6 Å². The van der Waals surface area contributed by atoms with Gasteiger partial charge in [-0.1, -0.05) is 47.5 Å². The maximum Gasteiger partial charge on any atom is 0.281 e. The zero-order valence-electron chi connectivity index (χ0n) is 18.0. The predicted octanol–water partition coefficient (Wildman–Crippen LogP) is 5.39. The number of hydrogen-bond donors (Lipinski definition) is 1. The Balaban J connectivity index is 1.80. The lowest BCUT2D eigenvalue weighted by Crippen LogP contribution is -2.32. The Morgan fingerprint density at radius 3 is 2.25 bits per heavy atom. The minimum absolute atomic E-state index is 0.0317. The standard InChI is InChI=1S/C25H23ClN2O3S/c1-16-11-17(2)22(18(3)12-16)15-28-23-10-9-20(26)13-19(23)14-24(28)25(29)27-32(30,31)21-7-5-4-6-8-21/h4-14H,15H2,1-3H3,(H,27,29). The average molecular weight is 467 g/mol. The van der Waals surface area contributed by atoms with Crippen LogP contribution in [0.3, 0.4) is 0 Å². The maximum absolute atomic E-state index is 13.2. The molecule has 32 heavy (non-hydrogen) atoms. The molecule has 1 aromatic heterocycles. The van der Waals surface area contributed by atoms with Crippen molar-refractivity contribution < 1.29 is 13.2 Å². The highest BCUT2D eigenvalue weighted by Crippen LogP contribution is 2.27. The van der Waals surface area contributed by atoms with Gasteiger partial charge in [-0.2, -0.15) is 0 Å². The Morgan fingerprint density at radius 2 is 1.59 bits per heavy atom. The number of aromatic nitrogens is 1. The van der Waals surface area contributed by atoms with Crippen molar-refractivity contribution in [3.8, 4) is 0 Å². The van der Waals surface area contributed by atoms with Crippen molar-refractivity contribution >= 4 is 38.4 Å². The summed E-state index contributed by atoms with van der Waals surface area (Å²) in [6.45, 7) is 6.55. The minimum atomic E-state index is -4.00. The molecule has 1 amide bonds. The fourth-order valence-electron chi connectivity index (χ4n) is 4.05. The van der Waals surface area contributed by atoms with E-state index in [0.717, 1.165) is 27.6 Å². The van der Waals surface area contributed by atoms with Gasteiger partial charge in [-0.05, 0) is 73.9 Å². The Morgan fingerprint density at radius 1 is 0.938 bits per heavy atom. The predicted molar refractivity (Wildman–Crippen MR) is 128 cm³/mol. The van der Waals surface area contributed by atoms with Crippen LogP contribution >= 0.6 is 11.6 Å². The maximum atomic E-state index is 13.2. The molecule has 0 saturated heterocycles. The Labute approximate surface area is 192 Å². The number of carbonyl (C=O) groups is 1. The molecule has 0 spiro atoms. The number of benzene rings is 3. The van der Waals surface area contributed by atoms with Gasteiger partial charge in [-0.3, -0.25) is 4.79 Å². The number of nitrogens with one attached hydrogen (secondary N) is 1. The van der Waals surface area contributed by atoms with Gasteiger partial charge in [0.05, 0.1) is 4.90 Å². The summed E-state index contributed by atoms with van der Waals surface area (Å²) < 4.78 is 29.5. The molecule has 0 radical (unpaired) electrons. The molecule has 0 aliphatic carbocycles. The highest BCUT2D eigenvalue weighted by molar-refractivity contribution is 7.90. The van der Waals surface area contributed by atoms with Crippen molar-refractivity contribution in [2.75, 3.05) is 0 Å². The van der Waals surface area contributed by atoms with E-state index in [1.807, 2.05) is 31.4 Å². The molecule has 7 heteroatoms. The van der Waals surface area contributed by atoms with E-state index in [1.165, 1.54) is 17.7 Å². The zero-order chi connectivity index (χ0) is 23.0. The van der Waals surface area contributed by atoms with E-state index in [0.29, 0.717) is 11.6 Å². The first-order chi connectivity index (χ1) is 15.2. The molecule has 1 N–H and O–H groups in total. The van der Waals surface area contributed by atoms with Crippen molar-refractivity contribution in [1.29, 1.82) is 0 Å². The van der Waals surface area contributed by atoms with Gasteiger partial charge in [0.15, 0.2) is 0 Å². The fourth-order valence-corrected chi connectivity index (χ4v) is 5.21. The summed E-state index contributed by atoms with van der Waals surface area (Å²) in [4.78, 5) is 13.2. The van der Waals surface area contributed by atoms with E-state index in [4.69, 9.17) is 11.6 Å². The first-order valence-electron chi connectivity index (χ1n) is 10.1. The lowest BCUT2D eigenvalue weighted by atomic mass is 9.99. The topological polar surface area (TPSA) is 68.2 Å². The number of sulfonamides is 1. The van der Waals surface area contributed by atoms with Crippen molar-refractivity contribution in [2.24, 2.45) is 0 Å². The van der Waals surface area contributed by atoms with E-state index in [1.54, 1.807) is 36.4 Å². The molecule has 1 heterocycles. The largest absolute Gasteiger partial charge is 0.332 e. The normalized spacial score (nSPS) is 11.6. The molecular weight excluding hydrogens is 444 g/mol. The van der Waals surface area contributed by atoms with Gasteiger partial charge in [-0.15, -0.1) is 0 Å². The monoisotopic (exact) mass is 466 g/mol. The van der Waals surface area contributed by atoms with Crippen molar-refractivity contribution in [2.45, 2.75) is 32.2 Å². The number of rotatable bonds is 5.